The van der Waals surface area contributed by atoms with Gasteiger partial charge in [0.2, 0.25) is 0 Å². The molecule has 0 saturated carbocycles. The van der Waals surface area contributed by atoms with Gasteiger partial charge in [0.1, 0.15) is 35.7 Å². The fourth-order valence-corrected chi connectivity index (χ4v) is 22.3. The Morgan fingerprint density at radius 2 is 0.817 bits per heavy atom. The van der Waals surface area contributed by atoms with Crippen LogP contribution in [0, 0.1) is 72.5 Å². The molecule has 9 rings (SSSR count). The number of aryl methyl sites for hydroxylation is 3. The first-order chi connectivity index (χ1) is 50.9. The molecule has 25 unspecified atom stereocenters. The number of nitrogens with zero attached hydrogens (tertiary/aromatic N) is 3. The van der Waals surface area contributed by atoms with Crippen molar-refractivity contribution in [1.82, 2.24) is 15.0 Å². The lowest BCUT2D eigenvalue weighted by Gasteiger charge is -2.37. The molecule has 0 aliphatic carbocycles. The predicted octanol–water partition coefficient (Wildman–Crippen LogP) is 18.1. The maximum Gasteiger partial charge on any atom is 0.309 e. The van der Waals surface area contributed by atoms with Crippen LogP contribution in [0.3, 0.4) is 0 Å². The molecule has 0 radical (unpaired) electrons. The Labute approximate surface area is 680 Å². The van der Waals surface area contributed by atoms with Gasteiger partial charge >= 0.3 is 17.9 Å². The molecule has 3 aromatic heterocycles. The van der Waals surface area contributed by atoms with Crippen LogP contribution >= 0.6 is 95.4 Å². The third-order valence-corrected chi connectivity index (χ3v) is 31.5. The molecule has 19 nitrogen and oxygen atoms in total. The summed E-state index contributed by atoms with van der Waals surface area (Å²) in [4.78, 5) is 93.6. The summed E-state index contributed by atoms with van der Waals surface area (Å²) >= 11 is 8.66. The van der Waals surface area contributed by atoms with Crippen LogP contribution in [0.2, 0.25) is 0 Å². The highest BCUT2D eigenvalue weighted by molar-refractivity contribution is 8.08. The van der Waals surface area contributed by atoms with E-state index in [9.17, 15) is 39.0 Å². The zero-order valence-corrected chi connectivity index (χ0v) is 77.0. The van der Waals surface area contributed by atoms with Gasteiger partial charge in [-0.3, -0.25) is 28.8 Å². The number of thioether (sulfide) groups is 2. The fraction of sp³-hybridized carbons (Fsp3) is 0.741. The number of esters is 3. The average molecular weight is 1680 g/mol. The number of epoxide rings is 1. The topological polar surface area (TPSA) is 259 Å². The first kappa shape index (κ1) is 93.8. The number of carbonyl (C=O) groups is 6. The number of cyclic esters (lactones) is 3. The van der Waals surface area contributed by atoms with E-state index in [0.717, 1.165) is 113 Å². The second-order valence-electron chi connectivity index (χ2n) is 34.2. The molecule has 612 valence electrons. The van der Waals surface area contributed by atoms with E-state index in [1.807, 2.05) is 148 Å². The van der Waals surface area contributed by atoms with Gasteiger partial charge in [0.15, 0.2) is 0 Å². The molecule has 6 aliphatic heterocycles. The van der Waals surface area contributed by atoms with Crippen LogP contribution in [0.4, 0.5) is 0 Å². The van der Waals surface area contributed by atoms with Gasteiger partial charge < -0.3 is 47.3 Å². The molecule has 9 heterocycles. The van der Waals surface area contributed by atoms with Crippen LogP contribution in [0.25, 0.3) is 18.2 Å². The molecule has 0 bridgehead atoms. The molecule has 2 N–H and O–H groups in total. The Hall–Kier alpha value is -2.33. The van der Waals surface area contributed by atoms with Crippen molar-refractivity contribution in [2.45, 2.75) is 328 Å². The molecule has 28 heteroatoms. The van der Waals surface area contributed by atoms with Crippen molar-refractivity contribution in [3.63, 3.8) is 0 Å². The fourth-order valence-electron chi connectivity index (χ4n) is 16.1. The zero-order valence-electron chi connectivity index (χ0n) is 68.3. The third kappa shape index (κ3) is 25.1. The molecule has 6 saturated heterocycles. The van der Waals surface area contributed by atoms with Gasteiger partial charge in [-0.2, -0.15) is 0 Å². The SMILES string of the molecule is C/C(=C\c1csc(C)n1)C1CC2OC2(C)CCCC(C)C(OP)C(C)C(=O)C(C)(C)C(OP)CC(=O)O1.C/C(=C\c1csc(C)n1)C1CC2SC2(C)CCCC(C)C(O)C(C)C(=O)C(C)(C)C(O)CC(=O)O1.C/C(=C\c1csc(C)n1)C1CC2SC2(C)CCCC(C)C(OP)C(C)C(=O)C(C)(C)C(OP)CC(=O)O1. The van der Waals surface area contributed by atoms with Crippen LogP contribution in [0.5, 0.6) is 0 Å². The second kappa shape index (κ2) is 40.2. The number of carbonyl (C=O) groups excluding carboxylic acids is 6. The van der Waals surface area contributed by atoms with Gasteiger partial charge in [-0.25, -0.2) is 15.0 Å². The number of hydrogen-bond donors (Lipinski definition) is 2. The standard InChI is InChI=1S/C27H43NO6P2S.C27H43NO5P2S2.C27H41NO5S2/c1-15-9-8-10-27(7)22(32-27)12-20(16(2)11-19-14-37-18(4)28-19)31-23(29)13-21(33-35)26(5,6)25(30)17(3)24(15)34-36;1-15-9-8-10-27(7)22(37-27)12-20(16(2)11-19-14-36-18(4)28-19)31-23(29)13-21(32-34)26(5,6)25(30)17(3)24(15)33-35;1-15-9-8-10-27(7)22(35-27)12-20(16(2)11-19-14-34-18(4)28-19)33-23(30)13-21(29)26(5,6)25(32)17(3)24(15)31/h11,14-15,17,20-22,24H,8-10,12-13,35-36H2,1-7H3;11,14-15,17,20-22,24H,8-10,12-13,34-35H2,1-7H3;11,14-15,17,20-22,24,29,31H,8-10,12-13H2,1-7H3/b3*16-11+. The quantitative estimate of drug-likeness (QED) is 0.0827. The van der Waals surface area contributed by atoms with Crippen LogP contribution < -0.4 is 0 Å². The molecule has 0 aromatic carbocycles. The number of ether oxygens (including phenoxy) is 4. The minimum absolute atomic E-state index is 0.00299. The van der Waals surface area contributed by atoms with Crippen molar-refractivity contribution in [2.75, 3.05) is 0 Å². The van der Waals surface area contributed by atoms with E-state index < -0.39 is 70.7 Å². The maximum atomic E-state index is 13.7. The average Bonchev–Trinajstić information content (AvgIpc) is 1.64. The largest absolute Gasteiger partial charge is 0.458 e. The molecule has 0 spiro atoms. The van der Waals surface area contributed by atoms with Crippen molar-refractivity contribution in [3.8, 4) is 0 Å². The molecule has 6 fully saturated rings. The number of aliphatic hydroxyl groups excluding tert-OH is 2. The first-order valence-electron chi connectivity index (χ1n) is 38.7. The molecule has 3 aromatic rings. The number of fused-ring (bicyclic) bond motifs is 3. The van der Waals surface area contributed by atoms with Crippen molar-refractivity contribution in [3.05, 3.63) is 65.0 Å². The van der Waals surface area contributed by atoms with Crippen molar-refractivity contribution in [2.24, 2.45) is 51.8 Å². The monoisotopic (exact) mass is 1680 g/mol. The highest BCUT2D eigenvalue weighted by atomic mass is 32.2. The summed E-state index contributed by atoms with van der Waals surface area (Å²) in [5, 5.41) is 31.5. The van der Waals surface area contributed by atoms with Gasteiger partial charge in [-0.15, -0.1) is 57.5 Å². The normalized spacial score (nSPS) is 36.5. The minimum atomic E-state index is -1.20. The van der Waals surface area contributed by atoms with Gasteiger partial charge in [0.25, 0.3) is 0 Å². The Kier molecular flexibility index (Phi) is 34.6. The van der Waals surface area contributed by atoms with Gasteiger partial charge in [-0.05, 0) is 154 Å². The number of aliphatic hydroxyl groups is 2. The molecule has 6 aliphatic rings. The van der Waals surface area contributed by atoms with Crippen molar-refractivity contribution >= 4 is 149 Å². The number of ketones is 3. The van der Waals surface area contributed by atoms with E-state index in [1.54, 1.807) is 54.8 Å². The summed E-state index contributed by atoms with van der Waals surface area (Å²) in [7, 11) is 9.15. The van der Waals surface area contributed by atoms with E-state index in [-0.39, 0.29) is 112 Å². The second-order valence-corrected chi connectivity index (χ2v) is 42.0. The number of thiazole rings is 3. The Bertz CT molecular complexity index is 3540. The van der Waals surface area contributed by atoms with E-state index in [2.05, 4.69) is 87.4 Å². The van der Waals surface area contributed by atoms with Crippen LogP contribution in [0.15, 0.2) is 32.9 Å². The van der Waals surface area contributed by atoms with Crippen molar-refractivity contribution < 1.29 is 76.0 Å². The van der Waals surface area contributed by atoms with Gasteiger partial charge in [0.05, 0.1) is 116 Å². The maximum absolute atomic E-state index is 13.7. The molecular weight excluding hydrogens is 1560 g/mol. The number of rotatable bonds is 10. The van der Waals surface area contributed by atoms with Crippen LogP contribution in [-0.2, 0) is 65.8 Å². The molecular formula is C81H127N3O16P4S5. The van der Waals surface area contributed by atoms with E-state index in [1.165, 1.54) is 0 Å². The van der Waals surface area contributed by atoms with E-state index in [4.69, 9.17) is 37.0 Å². The third-order valence-electron chi connectivity index (χ3n) is 24.3. The number of aromatic nitrogens is 3. The summed E-state index contributed by atoms with van der Waals surface area (Å²) in [6.45, 7) is 41.0. The highest BCUT2D eigenvalue weighted by Crippen LogP contribution is 2.60. The molecule has 25 atom stereocenters. The van der Waals surface area contributed by atoms with Gasteiger partial charge in [-0.1, -0.05) is 102 Å². The Morgan fingerprint density at radius 3 is 1.17 bits per heavy atom. The summed E-state index contributed by atoms with van der Waals surface area (Å²) in [6, 6.07) is 0. The Balaban J connectivity index is 0.000000228. The first-order valence-corrected chi connectivity index (χ1v) is 45.0. The van der Waals surface area contributed by atoms with E-state index in [0.29, 0.717) is 23.3 Å². The number of hydrogen-bond acceptors (Lipinski definition) is 24. The summed E-state index contributed by atoms with van der Waals surface area (Å²) < 4.78 is 47.3. The van der Waals surface area contributed by atoms with Crippen molar-refractivity contribution in [1.29, 1.82) is 0 Å². The summed E-state index contributed by atoms with van der Waals surface area (Å²) in [5.74, 6) is -2.45. The Morgan fingerprint density at radius 1 is 0.477 bits per heavy atom. The van der Waals surface area contributed by atoms with Crippen LogP contribution in [-0.4, -0.2) is 147 Å². The summed E-state index contributed by atoms with van der Waals surface area (Å²) in [5.41, 5.74) is 2.18. The van der Waals surface area contributed by atoms with Gasteiger partial charge in [0, 0.05) is 111 Å². The number of Topliss-reactive ketones (excluding diaryl/α,β-unsaturated/α-hetero) is 3. The molecule has 109 heavy (non-hydrogen) atoms. The smallest absolute Gasteiger partial charge is 0.309 e. The minimum Gasteiger partial charge on any atom is -0.458 e. The summed E-state index contributed by atoms with van der Waals surface area (Å²) in [6.07, 6.45) is 11.4. The zero-order chi connectivity index (χ0) is 81.2. The lowest BCUT2D eigenvalue weighted by atomic mass is 9.73. The highest BCUT2D eigenvalue weighted by Gasteiger charge is 2.56. The lowest BCUT2D eigenvalue weighted by Crippen LogP contribution is -2.46. The van der Waals surface area contributed by atoms with Crippen LogP contribution in [0.1, 0.15) is 253 Å². The molecule has 0 amide bonds. The van der Waals surface area contributed by atoms with E-state index >= 15 is 0 Å². The lowest BCUT2D eigenvalue weighted by molar-refractivity contribution is -0.155. The predicted molar refractivity (Wildman–Crippen MR) is 455 cm³/mol.